The molecule has 0 saturated heterocycles. The van der Waals surface area contributed by atoms with Gasteiger partial charge in [0, 0.05) is 29.1 Å². The van der Waals surface area contributed by atoms with Crippen molar-refractivity contribution in [2.45, 2.75) is 19.3 Å². The Balaban J connectivity index is 1.81. The summed E-state index contributed by atoms with van der Waals surface area (Å²) in [6.07, 6.45) is 0. The number of anilines is 2. The number of nitro groups is 1. The summed E-state index contributed by atoms with van der Waals surface area (Å²) in [5.74, 6) is -0.00893. The number of carbonyl (C=O) groups is 1. The van der Waals surface area contributed by atoms with E-state index >= 15 is 0 Å². The third kappa shape index (κ3) is 4.97. The minimum absolute atomic E-state index is 0.0362. The molecule has 3 aromatic rings. The summed E-state index contributed by atoms with van der Waals surface area (Å²) in [7, 11) is 0. The molecule has 0 fully saturated rings. The van der Waals surface area contributed by atoms with Crippen molar-refractivity contribution in [3.63, 3.8) is 0 Å². The van der Waals surface area contributed by atoms with E-state index in [1.54, 1.807) is 62.4 Å². The second-order valence-electron chi connectivity index (χ2n) is 7.39. The first-order valence-corrected chi connectivity index (χ1v) is 9.34. The van der Waals surface area contributed by atoms with Crippen molar-refractivity contribution < 1.29 is 14.5 Å². The highest BCUT2D eigenvalue weighted by molar-refractivity contribution is 6.04. The van der Waals surface area contributed by atoms with E-state index < -0.39 is 10.3 Å². The van der Waals surface area contributed by atoms with Gasteiger partial charge in [-0.2, -0.15) is 5.26 Å². The third-order valence-electron chi connectivity index (χ3n) is 4.63. The Morgan fingerprint density at radius 3 is 2.58 bits per heavy atom. The maximum absolute atomic E-state index is 12.7. The highest BCUT2D eigenvalue weighted by Crippen LogP contribution is 2.33. The fourth-order valence-corrected chi connectivity index (χ4v) is 2.84. The maximum Gasteiger partial charge on any atom is 0.313 e. The van der Waals surface area contributed by atoms with Crippen LogP contribution in [0, 0.1) is 21.4 Å². The van der Waals surface area contributed by atoms with Crippen molar-refractivity contribution in [1.82, 2.24) is 0 Å². The highest BCUT2D eigenvalue weighted by atomic mass is 16.6. The minimum atomic E-state index is -0.724. The summed E-state index contributed by atoms with van der Waals surface area (Å²) in [5, 5.41) is 23.3. The number of hydrogen-bond acceptors (Lipinski definition) is 6. The van der Waals surface area contributed by atoms with Gasteiger partial charge in [0.2, 0.25) is 5.75 Å². The molecule has 0 saturated carbocycles. The molecule has 3 aromatic carbocycles. The van der Waals surface area contributed by atoms with Crippen LogP contribution in [0.3, 0.4) is 0 Å². The molecule has 0 bridgehead atoms. The molecule has 31 heavy (non-hydrogen) atoms. The Bertz CT molecular complexity index is 1200. The number of nitrogen functional groups attached to an aromatic ring is 1. The molecule has 3 N–H and O–H groups in total. The summed E-state index contributed by atoms with van der Waals surface area (Å²) in [5.41, 5.74) is 6.47. The average molecular weight is 416 g/mol. The molecule has 0 aromatic heterocycles. The van der Waals surface area contributed by atoms with E-state index in [1.807, 2.05) is 0 Å². The van der Waals surface area contributed by atoms with E-state index in [0.717, 1.165) is 5.56 Å². The molecule has 156 valence electrons. The molecule has 0 unspecified atom stereocenters. The van der Waals surface area contributed by atoms with Crippen molar-refractivity contribution in [2.24, 2.45) is 0 Å². The number of hydrogen-bond donors (Lipinski definition) is 2. The number of nitrogens with one attached hydrogen (secondary N) is 1. The molecule has 0 aliphatic rings. The van der Waals surface area contributed by atoms with Crippen molar-refractivity contribution in [3.05, 3.63) is 88.0 Å². The fraction of sp³-hybridized carbons (Fsp3) is 0.130. The lowest BCUT2D eigenvalue weighted by atomic mass is 9.85. The first-order valence-electron chi connectivity index (χ1n) is 9.34. The number of nitriles is 1. The molecule has 0 radical (unpaired) electrons. The van der Waals surface area contributed by atoms with Gasteiger partial charge < -0.3 is 15.8 Å². The van der Waals surface area contributed by atoms with Gasteiger partial charge in [0.05, 0.1) is 16.4 Å². The van der Waals surface area contributed by atoms with Gasteiger partial charge in [-0.3, -0.25) is 14.9 Å². The van der Waals surface area contributed by atoms with Gasteiger partial charge >= 0.3 is 5.69 Å². The Kier molecular flexibility index (Phi) is 5.88. The number of amides is 1. The van der Waals surface area contributed by atoms with Crippen molar-refractivity contribution in [1.29, 1.82) is 5.26 Å². The zero-order valence-corrected chi connectivity index (χ0v) is 17.0. The number of nitrogens with zero attached hydrogens (tertiary/aromatic N) is 2. The monoisotopic (exact) mass is 416 g/mol. The van der Waals surface area contributed by atoms with Crippen LogP contribution < -0.4 is 15.8 Å². The number of benzene rings is 3. The molecule has 8 heteroatoms. The topological polar surface area (TPSA) is 131 Å². The minimum Gasteiger partial charge on any atom is -0.450 e. The Hall–Kier alpha value is -4.38. The van der Waals surface area contributed by atoms with Crippen LogP contribution in [-0.2, 0) is 5.41 Å². The van der Waals surface area contributed by atoms with Gasteiger partial charge in [-0.05, 0) is 55.8 Å². The summed E-state index contributed by atoms with van der Waals surface area (Å²) in [6.45, 7) is 3.56. The second kappa shape index (κ2) is 8.55. The largest absolute Gasteiger partial charge is 0.450 e. The van der Waals surface area contributed by atoms with Gasteiger partial charge in [-0.1, -0.05) is 18.2 Å². The third-order valence-corrected chi connectivity index (χ3v) is 4.63. The summed E-state index contributed by atoms with van der Waals surface area (Å²) in [6, 6.07) is 19.7. The number of nitrogens with two attached hydrogens (primary N) is 1. The van der Waals surface area contributed by atoms with Crippen molar-refractivity contribution in [3.8, 4) is 17.6 Å². The normalized spacial score (nSPS) is 10.7. The molecular weight excluding hydrogens is 396 g/mol. The Morgan fingerprint density at radius 2 is 1.87 bits per heavy atom. The molecule has 0 heterocycles. The zero-order chi connectivity index (χ0) is 22.6. The molecule has 1 amide bonds. The number of ether oxygens (including phenoxy) is 1. The number of rotatable bonds is 6. The maximum atomic E-state index is 12.7. The van der Waals surface area contributed by atoms with Crippen LogP contribution in [0.2, 0.25) is 0 Å². The highest BCUT2D eigenvalue weighted by Gasteiger charge is 2.21. The van der Waals surface area contributed by atoms with E-state index in [2.05, 4.69) is 11.4 Å². The quantitative estimate of drug-likeness (QED) is 0.329. The average Bonchev–Trinajstić information content (AvgIpc) is 2.75. The lowest BCUT2D eigenvalue weighted by Crippen LogP contribution is -2.17. The van der Waals surface area contributed by atoms with E-state index in [1.165, 1.54) is 18.2 Å². The molecule has 0 atom stereocenters. The van der Waals surface area contributed by atoms with E-state index in [-0.39, 0.29) is 23.0 Å². The molecule has 8 nitrogen and oxygen atoms in total. The van der Waals surface area contributed by atoms with Crippen LogP contribution in [0.4, 0.5) is 17.1 Å². The molecule has 0 aliphatic heterocycles. The summed E-state index contributed by atoms with van der Waals surface area (Å²) < 4.78 is 5.65. The smallest absolute Gasteiger partial charge is 0.313 e. The van der Waals surface area contributed by atoms with Crippen molar-refractivity contribution >= 4 is 23.0 Å². The second-order valence-corrected chi connectivity index (χ2v) is 7.39. The van der Waals surface area contributed by atoms with Crippen LogP contribution >= 0.6 is 0 Å². The van der Waals surface area contributed by atoms with Crippen molar-refractivity contribution in [2.75, 3.05) is 11.1 Å². The predicted molar refractivity (Wildman–Crippen MR) is 117 cm³/mol. The zero-order valence-electron chi connectivity index (χ0n) is 17.0. The van der Waals surface area contributed by atoms with Crippen LogP contribution in [0.15, 0.2) is 66.7 Å². The Labute approximate surface area is 179 Å². The molecule has 3 rings (SSSR count). The van der Waals surface area contributed by atoms with Crippen LogP contribution in [-0.4, -0.2) is 10.8 Å². The molecule has 0 spiro atoms. The predicted octanol–water partition coefficient (Wildman–Crippen LogP) is 5.02. The van der Waals surface area contributed by atoms with E-state index in [0.29, 0.717) is 17.0 Å². The summed E-state index contributed by atoms with van der Waals surface area (Å²) >= 11 is 0. The van der Waals surface area contributed by atoms with Gasteiger partial charge in [0.1, 0.15) is 5.75 Å². The van der Waals surface area contributed by atoms with E-state index in [9.17, 15) is 20.2 Å². The Morgan fingerprint density at radius 1 is 1.13 bits per heavy atom. The van der Waals surface area contributed by atoms with Gasteiger partial charge in [-0.25, -0.2) is 0 Å². The molecular formula is C23H20N4O4. The first-order chi connectivity index (χ1) is 14.7. The van der Waals surface area contributed by atoms with Gasteiger partial charge in [-0.15, -0.1) is 0 Å². The summed E-state index contributed by atoms with van der Waals surface area (Å²) in [4.78, 5) is 23.4. The first kappa shape index (κ1) is 21.3. The number of nitro benzene ring substituents is 1. The lowest BCUT2D eigenvalue weighted by molar-refractivity contribution is -0.385. The standard InChI is InChI=1S/C23H20N4O4/c1-23(2,14-24)16-6-3-5-15(11-16)22(28)26-18-7-4-8-19(13-18)31-21-10-9-17(25)12-20(21)27(29)30/h3-13H,25H2,1-2H3,(H,26,28). The van der Waals surface area contributed by atoms with Gasteiger partial charge in [0.15, 0.2) is 0 Å². The van der Waals surface area contributed by atoms with E-state index in [4.69, 9.17) is 10.5 Å². The SMILES string of the molecule is CC(C)(C#N)c1cccc(C(=O)Nc2cccc(Oc3ccc(N)cc3[N+](=O)[O-])c2)c1. The number of carbonyl (C=O) groups excluding carboxylic acids is 1. The molecule has 0 aliphatic carbocycles. The van der Waals surface area contributed by atoms with Crippen LogP contribution in [0.5, 0.6) is 11.5 Å². The lowest BCUT2D eigenvalue weighted by Gasteiger charge is -2.16. The fourth-order valence-electron chi connectivity index (χ4n) is 2.84. The van der Waals surface area contributed by atoms with Crippen LogP contribution in [0.25, 0.3) is 0 Å². The van der Waals surface area contributed by atoms with Crippen LogP contribution in [0.1, 0.15) is 29.8 Å². The van der Waals surface area contributed by atoms with Gasteiger partial charge in [0.25, 0.3) is 5.91 Å².